The van der Waals surface area contributed by atoms with Crippen LogP contribution in [0.1, 0.15) is 52.2 Å². The van der Waals surface area contributed by atoms with Crippen LogP contribution in [0.4, 0.5) is 13.2 Å². The number of rotatable bonds is 6. The normalized spacial score (nSPS) is 15.8. The van der Waals surface area contributed by atoms with E-state index in [4.69, 9.17) is 0 Å². The second-order valence-electron chi connectivity index (χ2n) is 9.74. The number of nitrogens with one attached hydrogen (secondary N) is 1. The average Bonchev–Trinajstić information content (AvgIpc) is 3.65. The van der Waals surface area contributed by atoms with E-state index in [-0.39, 0.29) is 37.2 Å². The van der Waals surface area contributed by atoms with E-state index in [0.29, 0.717) is 33.5 Å². The number of carbonyl (C=O) groups is 1. The zero-order valence-corrected chi connectivity index (χ0v) is 22.3. The lowest BCUT2D eigenvalue weighted by molar-refractivity contribution is -0.0496. The molecule has 4 heterocycles. The van der Waals surface area contributed by atoms with Crippen molar-refractivity contribution in [3.63, 3.8) is 0 Å². The predicted octanol–water partition coefficient (Wildman–Crippen LogP) is 2.63. The maximum absolute atomic E-state index is 13.2. The number of imidazole rings is 1. The number of aryl methyl sites for hydroxylation is 3. The van der Waals surface area contributed by atoms with Gasteiger partial charge in [-0.05, 0) is 36.8 Å². The summed E-state index contributed by atoms with van der Waals surface area (Å²) in [5.41, 5.74) is -0.605. The number of aromatic nitrogens is 6. The summed E-state index contributed by atoms with van der Waals surface area (Å²) in [5, 5.41) is 7.28. The standard InChI is InChI=1S/C25H25F3N8O3S/c1-2-18-21(35-13-17-4-3-5-19(17)31-24(35)30-18)23(37)29-12-15-6-8-16(9-7-15)22-32-20-14-34(10-11-36(20)33-22)40(38,39)25(26,27)28/h6-9,13H,2-5,10-12,14H2,1H3,(H,29,37). The summed E-state index contributed by atoms with van der Waals surface area (Å²) in [6, 6.07) is 7.07. The Labute approximate surface area is 227 Å². The number of nitrogens with zero attached hydrogens (tertiary/aromatic N) is 7. The SMILES string of the molecule is CCc1nc2nc3c(cn2c1C(=O)NCc1ccc(-c2nc4n(n2)CCN(S(=O)(=O)C(F)(F)F)C4)cc1)CCC3. The van der Waals surface area contributed by atoms with Crippen molar-refractivity contribution in [1.82, 2.24) is 38.8 Å². The fraction of sp³-hybridized carbons (Fsp3) is 0.400. The van der Waals surface area contributed by atoms with Gasteiger partial charge in [0.1, 0.15) is 11.5 Å². The fourth-order valence-corrected chi connectivity index (χ4v) is 5.97. The maximum atomic E-state index is 13.2. The zero-order chi connectivity index (χ0) is 28.2. The summed E-state index contributed by atoms with van der Waals surface area (Å²) in [6.45, 7) is 1.30. The van der Waals surface area contributed by atoms with Crippen molar-refractivity contribution in [1.29, 1.82) is 0 Å². The minimum absolute atomic E-state index is 0.0386. The number of halogens is 3. The van der Waals surface area contributed by atoms with Crippen molar-refractivity contribution in [2.24, 2.45) is 0 Å². The molecule has 0 spiro atoms. The van der Waals surface area contributed by atoms with Crippen LogP contribution in [0.2, 0.25) is 0 Å². The van der Waals surface area contributed by atoms with Crippen molar-refractivity contribution in [3.8, 4) is 11.4 Å². The van der Waals surface area contributed by atoms with Crippen LogP contribution in [0.15, 0.2) is 30.5 Å². The summed E-state index contributed by atoms with van der Waals surface area (Å²) >= 11 is 0. The molecule has 0 fully saturated rings. The van der Waals surface area contributed by atoms with Crippen LogP contribution in [-0.2, 0) is 48.9 Å². The lowest BCUT2D eigenvalue weighted by Gasteiger charge is -2.26. The molecule has 0 saturated carbocycles. The smallest absolute Gasteiger partial charge is 0.347 e. The number of alkyl halides is 3. The van der Waals surface area contributed by atoms with Crippen molar-refractivity contribution in [2.45, 2.75) is 57.7 Å². The quantitative estimate of drug-likeness (QED) is 0.375. The summed E-state index contributed by atoms with van der Waals surface area (Å²) in [5.74, 6) is 0.678. The van der Waals surface area contributed by atoms with Gasteiger partial charge in [0.15, 0.2) is 5.82 Å². The Hall–Kier alpha value is -3.85. The van der Waals surface area contributed by atoms with Crippen molar-refractivity contribution >= 4 is 21.7 Å². The number of carbonyl (C=O) groups excluding carboxylic acids is 1. The molecule has 40 heavy (non-hydrogen) atoms. The van der Waals surface area contributed by atoms with E-state index in [1.807, 2.05) is 13.1 Å². The first-order valence-electron chi connectivity index (χ1n) is 12.8. The van der Waals surface area contributed by atoms with Crippen LogP contribution in [-0.4, -0.2) is 59.8 Å². The van der Waals surface area contributed by atoms with Gasteiger partial charge in [-0.3, -0.25) is 9.20 Å². The molecule has 0 unspecified atom stereocenters. The summed E-state index contributed by atoms with van der Waals surface area (Å²) in [7, 11) is -5.44. The lowest BCUT2D eigenvalue weighted by Crippen LogP contribution is -2.44. The van der Waals surface area contributed by atoms with E-state index in [1.54, 1.807) is 28.7 Å². The van der Waals surface area contributed by atoms with Gasteiger partial charge in [-0.1, -0.05) is 31.2 Å². The molecule has 0 bridgehead atoms. The highest BCUT2D eigenvalue weighted by molar-refractivity contribution is 7.89. The molecule has 3 aromatic heterocycles. The van der Waals surface area contributed by atoms with Crippen molar-refractivity contribution in [3.05, 3.63) is 64.5 Å². The molecule has 0 atom stereocenters. The van der Waals surface area contributed by atoms with Crippen LogP contribution < -0.4 is 5.32 Å². The molecular weight excluding hydrogens is 549 g/mol. The third kappa shape index (κ3) is 4.52. The minimum Gasteiger partial charge on any atom is -0.347 e. The van der Waals surface area contributed by atoms with Crippen molar-refractivity contribution < 1.29 is 26.4 Å². The first-order chi connectivity index (χ1) is 19.0. The molecule has 6 rings (SSSR count). The number of amides is 1. The molecule has 1 N–H and O–H groups in total. The van der Waals surface area contributed by atoms with E-state index < -0.39 is 22.1 Å². The van der Waals surface area contributed by atoms with Crippen LogP contribution in [0.5, 0.6) is 0 Å². The fourth-order valence-electron chi connectivity index (χ4n) is 5.07. The Morgan fingerprint density at radius 2 is 1.85 bits per heavy atom. The van der Waals surface area contributed by atoms with E-state index >= 15 is 0 Å². The van der Waals surface area contributed by atoms with Gasteiger partial charge in [-0.25, -0.2) is 28.1 Å². The molecule has 15 heteroatoms. The van der Waals surface area contributed by atoms with Crippen LogP contribution in [0.3, 0.4) is 0 Å². The molecule has 1 aliphatic carbocycles. The van der Waals surface area contributed by atoms with Crippen molar-refractivity contribution in [2.75, 3.05) is 6.54 Å². The van der Waals surface area contributed by atoms with Gasteiger partial charge in [0.05, 0.1) is 18.8 Å². The van der Waals surface area contributed by atoms with Gasteiger partial charge in [0, 0.05) is 30.5 Å². The highest BCUT2D eigenvalue weighted by atomic mass is 32.2. The Kier molecular flexibility index (Phi) is 6.37. The molecule has 0 radical (unpaired) electrons. The number of benzene rings is 1. The Balaban J connectivity index is 1.15. The third-order valence-corrected chi connectivity index (χ3v) is 8.77. The summed E-state index contributed by atoms with van der Waals surface area (Å²) < 4.78 is 65.9. The second-order valence-corrected chi connectivity index (χ2v) is 11.7. The third-order valence-electron chi connectivity index (χ3n) is 7.19. The van der Waals surface area contributed by atoms with E-state index in [0.717, 1.165) is 36.1 Å². The minimum atomic E-state index is -5.44. The Morgan fingerprint density at radius 1 is 1.07 bits per heavy atom. The molecule has 2 aliphatic rings. The topological polar surface area (TPSA) is 127 Å². The number of hydrogen-bond acceptors (Lipinski definition) is 7. The maximum Gasteiger partial charge on any atom is 0.511 e. The highest BCUT2D eigenvalue weighted by Gasteiger charge is 2.50. The molecule has 1 amide bonds. The molecule has 210 valence electrons. The molecule has 1 aromatic carbocycles. The van der Waals surface area contributed by atoms with E-state index in [1.165, 1.54) is 4.68 Å². The van der Waals surface area contributed by atoms with Gasteiger partial charge in [0.25, 0.3) is 5.91 Å². The van der Waals surface area contributed by atoms with Crippen LogP contribution in [0.25, 0.3) is 17.2 Å². The molecule has 4 aromatic rings. The lowest BCUT2D eigenvalue weighted by atomic mass is 10.1. The monoisotopic (exact) mass is 574 g/mol. The van der Waals surface area contributed by atoms with E-state index in [9.17, 15) is 26.4 Å². The molecule has 0 saturated heterocycles. The van der Waals surface area contributed by atoms with E-state index in [2.05, 4.69) is 25.4 Å². The molecular formula is C25H25F3N8O3S. The van der Waals surface area contributed by atoms with Gasteiger partial charge in [0.2, 0.25) is 5.78 Å². The number of hydrogen-bond donors (Lipinski definition) is 1. The number of sulfonamides is 1. The first-order valence-corrected chi connectivity index (χ1v) is 14.3. The van der Waals surface area contributed by atoms with Gasteiger partial charge in [-0.2, -0.15) is 22.6 Å². The van der Waals surface area contributed by atoms with Crippen LogP contribution in [0, 0.1) is 0 Å². The Morgan fingerprint density at radius 3 is 2.58 bits per heavy atom. The Bertz CT molecular complexity index is 1730. The molecule has 1 aliphatic heterocycles. The summed E-state index contributed by atoms with van der Waals surface area (Å²) in [6.07, 6.45) is 5.46. The first kappa shape index (κ1) is 26.4. The van der Waals surface area contributed by atoms with Gasteiger partial charge in [-0.15, -0.1) is 0 Å². The largest absolute Gasteiger partial charge is 0.511 e. The number of fused-ring (bicyclic) bond motifs is 3. The van der Waals surface area contributed by atoms with Gasteiger partial charge < -0.3 is 5.32 Å². The second kappa shape index (κ2) is 9.66. The average molecular weight is 575 g/mol. The van der Waals surface area contributed by atoms with Gasteiger partial charge >= 0.3 is 15.5 Å². The zero-order valence-electron chi connectivity index (χ0n) is 21.4. The molecule has 11 nitrogen and oxygen atoms in total. The highest BCUT2D eigenvalue weighted by Crippen LogP contribution is 2.30. The van der Waals surface area contributed by atoms with Crippen LogP contribution >= 0.6 is 0 Å². The predicted molar refractivity (Wildman–Crippen MR) is 136 cm³/mol. The summed E-state index contributed by atoms with van der Waals surface area (Å²) in [4.78, 5) is 26.7.